The summed E-state index contributed by atoms with van der Waals surface area (Å²) < 4.78 is 0. The van der Waals surface area contributed by atoms with Crippen LogP contribution in [0.4, 0.5) is 0 Å². The molecule has 1 aliphatic rings. The van der Waals surface area contributed by atoms with E-state index in [0.717, 1.165) is 18.0 Å². The molecule has 0 aliphatic carbocycles. The van der Waals surface area contributed by atoms with Crippen LogP contribution in [0.1, 0.15) is 53.4 Å². The van der Waals surface area contributed by atoms with Crippen molar-refractivity contribution in [1.29, 1.82) is 0 Å². The molecule has 16 heavy (non-hydrogen) atoms. The number of hydrogen-bond acceptors (Lipinski definition) is 2. The maximum Gasteiger partial charge on any atom is 0.0195 e. The van der Waals surface area contributed by atoms with Crippen LogP contribution >= 0.6 is 0 Å². The van der Waals surface area contributed by atoms with Crippen molar-refractivity contribution in [3.8, 4) is 0 Å². The fraction of sp³-hybridized carbons (Fsp3) is 1.00. The van der Waals surface area contributed by atoms with E-state index in [-0.39, 0.29) is 0 Å². The van der Waals surface area contributed by atoms with Gasteiger partial charge in [-0.25, -0.2) is 0 Å². The van der Waals surface area contributed by atoms with Gasteiger partial charge < -0.3 is 5.32 Å². The number of nitrogens with zero attached hydrogens (tertiary/aromatic N) is 1. The zero-order chi connectivity index (χ0) is 12.0. The summed E-state index contributed by atoms with van der Waals surface area (Å²) in [5.74, 6) is 0.836. The van der Waals surface area contributed by atoms with E-state index in [1.54, 1.807) is 0 Å². The van der Waals surface area contributed by atoms with E-state index in [1.165, 1.54) is 45.3 Å². The van der Waals surface area contributed by atoms with Crippen molar-refractivity contribution in [3.63, 3.8) is 0 Å². The molecule has 2 nitrogen and oxygen atoms in total. The minimum absolute atomic E-state index is 0.721. The monoisotopic (exact) mass is 226 g/mol. The van der Waals surface area contributed by atoms with Crippen LogP contribution in [0.3, 0.4) is 0 Å². The molecule has 0 aromatic rings. The van der Waals surface area contributed by atoms with Crippen LogP contribution < -0.4 is 5.32 Å². The third-order valence-electron chi connectivity index (χ3n) is 3.95. The molecule has 1 aliphatic heterocycles. The van der Waals surface area contributed by atoms with Crippen molar-refractivity contribution in [2.75, 3.05) is 19.6 Å². The molecule has 0 spiro atoms. The first-order chi connectivity index (χ1) is 7.67. The second-order valence-electron chi connectivity index (χ2n) is 5.54. The van der Waals surface area contributed by atoms with E-state index in [0.29, 0.717) is 0 Å². The molecule has 1 rings (SSSR count). The van der Waals surface area contributed by atoms with Gasteiger partial charge in [0.1, 0.15) is 0 Å². The molecule has 1 heterocycles. The molecular formula is C14H30N2. The lowest BCUT2D eigenvalue weighted by molar-refractivity contribution is 0.174. The van der Waals surface area contributed by atoms with E-state index < -0.39 is 0 Å². The summed E-state index contributed by atoms with van der Waals surface area (Å²) in [6, 6.07) is 1.47. The van der Waals surface area contributed by atoms with Gasteiger partial charge in [-0.05, 0) is 32.2 Å². The van der Waals surface area contributed by atoms with Gasteiger partial charge in [0.25, 0.3) is 0 Å². The topological polar surface area (TPSA) is 15.3 Å². The zero-order valence-corrected chi connectivity index (χ0v) is 11.6. The van der Waals surface area contributed by atoms with Crippen molar-refractivity contribution >= 4 is 0 Å². The lowest BCUT2D eigenvalue weighted by atomic mass is 10.1. The Morgan fingerprint density at radius 1 is 1.38 bits per heavy atom. The first-order valence-corrected chi connectivity index (χ1v) is 7.14. The summed E-state index contributed by atoms with van der Waals surface area (Å²) in [6.07, 6.45) is 5.22. The van der Waals surface area contributed by atoms with Crippen molar-refractivity contribution < 1.29 is 0 Å². The highest BCUT2D eigenvalue weighted by molar-refractivity contribution is 4.81. The van der Waals surface area contributed by atoms with Gasteiger partial charge in [0.15, 0.2) is 0 Å². The van der Waals surface area contributed by atoms with Gasteiger partial charge >= 0.3 is 0 Å². The zero-order valence-electron chi connectivity index (χ0n) is 11.6. The van der Waals surface area contributed by atoms with E-state index >= 15 is 0 Å². The molecule has 0 aromatic heterocycles. The molecule has 3 atom stereocenters. The van der Waals surface area contributed by atoms with E-state index in [4.69, 9.17) is 0 Å². The summed E-state index contributed by atoms with van der Waals surface area (Å²) in [4.78, 5) is 2.70. The van der Waals surface area contributed by atoms with Gasteiger partial charge in [-0.15, -0.1) is 0 Å². The second kappa shape index (κ2) is 7.29. The summed E-state index contributed by atoms with van der Waals surface area (Å²) in [6.45, 7) is 13.1. The summed E-state index contributed by atoms with van der Waals surface area (Å²) >= 11 is 0. The maximum atomic E-state index is 3.69. The smallest absolute Gasteiger partial charge is 0.0195 e. The molecule has 0 radical (unpaired) electrons. The third-order valence-corrected chi connectivity index (χ3v) is 3.95. The summed E-state index contributed by atoms with van der Waals surface area (Å²) in [7, 11) is 0. The molecule has 96 valence electrons. The molecule has 2 heteroatoms. The van der Waals surface area contributed by atoms with Crippen molar-refractivity contribution in [1.82, 2.24) is 10.2 Å². The van der Waals surface area contributed by atoms with Crippen LogP contribution in [-0.4, -0.2) is 36.6 Å². The Morgan fingerprint density at radius 3 is 2.75 bits per heavy atom. The van der Waals surface area contributed by atoms with Crippen LogP contribution in [0.2, 0.25) is 0 Å². The van der Waals surface area contributed by atoms with Gasteiger partial charge in [-0.1, -0.05) is 33.6 Å². The first kappa shape index (κ1) is 14.0. The predicted molar refractivity (Wildman–Crippen MR) is 71.8 cm³/mol. The summed E-state index contributed by atoms with van der Waals surface area (Å²) in [5, 5.41) is 3.69. The highest BCUT2D eigenvalue weighted by Crippen LogP contribution is 2.15. The molecule has 0 bridgehead atoms. The van der Waals surface area contributed by atoms with E-state index in [2.05, 4.69) is 37.9 Å². The van der Waals surface area contributed by atoms with Crippen LogP contribution in [0.5, 0.6) is 0 Å². The van der Waals surface area contributed by atoms with Crippen LogP contribution in [-0.2, 0) is 0 Å². The predicted octanol–water partition coefficient (Wildman–Crippen LogP) is 2.89. The molecular weight excluding hydrogens is 196 g/mol. The quantitative estimate of drug-likeness (QED) is 0.775. The lowest BCUT2D eigenvalue weighted by Gasteiger charge is -2.31. The van der Waals surface area contributed by atoms with Gasteiger partial charge in [-0.3, -0.25) is 4.90 Å². The highest BCUT2D eigenvalue weighted by atomic mass is 15.2. The fourth-order valence-electron chi connectivity index (χ4n) is 2.53. The van der Waals surface area contributed by atoms with Crippen LogP contribution in [0, 0.1) is 5.92 Å². The van der Waals surface area contributed by atoms with Gasteiger partial charge in [0.2, 0.25) is 0 Å². The first-order valence-electron chi connectivity index (χ1n) is 7.14. The number of rotatable bonds is 5. The minimum atomic E-state index is 0.721. The number of nitrogens with one attached hydrogen (secondary N) is 1. The Kier molecular flexibility index (Phi) is 6.37. The highest BCUT2D eigenvalue weighted by Gasteiger charge is 2.22. The fourth-order valence-corrected chi connectivity index (χ4v) is 2.53. The SMILES string of the molecule is CCCC1CN(CC(C)CC)C(C)CCN1. The number of hydrogen-bond donors (Lipinski definition) is 1. The largest absolute Gasteiger partial charge is 0.313 e. The summed E-state index contributed by atoms with van der Waals surface area (Å²) in [5.41, 5.74) is 0. The standard InChI is InChI=1S/C14H30N2/c1-5-7-14-11-16(10-12(3)6-2)13(4)8-9-15-14/h12-15H,5-11H2,1-4H3. The van der Waals surface area contributed by atoms with Crippen molar-refractivity contribution in [2.45, 2.75) is 65.5 Å². The Balaban J connectivity index is 2.49. The van der Waals surface area contributed by atoms with Crippen LogP contribution in [0.15, 0.2) is 0 Å². The Labute approximate surface area is 102 Å². The van der Waals surface area contributed by atoms with Gasteiger partial charge in [0.05, 0.1) is 0 Å². The Bertz CT molecular complexity index is 182. The van der Waals surface area contributed by atoms with E-state index in [1.807, 2.05) is 0 Å². The molecule has 1 saturated heterocycles. The van der Waals surface area contributed by atoms with E-state index in [9.17, 15) is 0 Å². The van der Waals surface area contributed by atoms with Crippen LogP contribution in [0.25, 0.3) is 0 Å². The lowest BCUT2D eigenvalue weighted by Crippen LogP contribution is -2.42. The van der Waals surface area contributed by atoms with Gasteiger partial charge in [0, 0.05) is 25.2 Å². The average Bonchev–Trinajstić information content (AvgIpc) is 2.42. The Morgan fingerprint density at radius 2 is 2.12 bits per heavy atom. The molecule has 0 amide bonds. The molecule has 1 N–H and O–H groups in total. The Hall–Kier alpha value is -0.0800. The normalized spacial score (nSPS) is 30.0. The molecule has 0 saturated carbocycles. The van der Waals surface area contributed by atoms with Crippen molar-refractivity contribution in [2.24, 2.45) is 5.92 Å². The minimum Gasteiger partial charge on any atom is -0.313 e. The van der Waals surface area contributed by atoms with Gasteiger partial charge in [-0.2, -0.15) is 0 Å². The molecule has 3 unspecified atom stereocenters. The van der Waals surface area contributed by atoms with Crippen molar-refractivity contribution in [3.05, 3.63) is 0 Å². The molecule has 1 fully saturated rings. The maximum absolute atomic E-state index is 3.69. The molecule has 0 aromatic carbocycles. The average molecular weight is 226 g/mol. The second-order valence-corrected chi connectivity index (χ2v) is 5.54. The third kappa shape index (κ3) is 4.42.